The van der Waals surface area contributed by atoms with E-state index in [1.54, 1.807) is 49.9 Å². The van der Waals surface area contributed by atoms with E-state index >= 15 is 0 Å². The van der Waals surface area contributed by atoms with Crippen LogP contribution < -0.4 is 10.8 Å². The van der Waals surface area contributed by atoms with E-state index in [9.17, 15) is 27.9 Å². The first kappa shape index (κ1) is 36.9. The number of piperidine rings is 2. The quantitative estimate of drug-likeness (QED) is 0.379. The smallest absolute Gasteiger partial charge is 0.410 e. The number of hydrogen-bond acceptors (Lipinski definition) is 8. The Balaban J connectivity index is 1.05. The lowest BCUT2D eigenvalue weighted by atomic mass is 9.91. The molecular formula is C35H50BN7O7S. The van der Waals surface area contributed by atoms with E-state index in [4.69, 9.17) is 4.74 Å². The van der Waals surface area contributed by atoms with Gasteiger partial charge in [0.2, 0.25) is 0 Å². The second-order valence-corrected chi connectivity index (χ2v) is 16.4. The summed E-state index contributed by atoms with van der Waals surface area (Å²) >= 11 is 0. The Bertz CT molecular complexity index is 1690. The number of para-hydroxylation sites is 1. The van der Waals surface area contributed by atoms with Crippen LogP contribution >= 0.6 is 0 Å². The van der Waals surface area contributed by atoms with E-state index in [1.165, 1.54) is 8.61 Å². The van der Waals surface area contributed by atoms with Gasteiger partial charge in [-0.3, -0.25) is 9.69 Å². The van der Waals surface area contributed by atoms with E-state index in [-0.39, 0.29) is 36.2 Å². The second-order valence-electron chi connectivity index (χ2n) is 14.2. The summed E-state index contributed by atoms with van der Waals surface area (Å²) in [4.78, 5) is 48.3. The molecule has 4 aliphatic heterocycles. The van der Waals surface area contributed by atoms with Gasteiger partial charge in [0, 0.05) is 97.2 Å². The van der Waals surface area contributed by atoms with Crippen molar-refractivity contribution in [2.24, 2.45) is 0 Å². The van der Waals surface area contributed by atoms with Gasteiger partial charge >= 0.3 is 12.1 Å². The number of anilines is 1. The molecule has 16 heteroatoms. The van der Waals surface area contributed by atoms with Crippen LogP contribution in [0.5, 0.6) is 5.75 Å². The fraction of sp³-hybridized carbons (Fsp3) is 0.571. The molecule has 2 aromatic rings. The molecule has 0 saturated carbocycles. The number of phenolic OH excluding ortho intramolecular Hbond substituents is 1. The summed E-state index contributed by atoms with van der Waals surface area (Å²) in [6.45, 7) is 4.61. The van der Waals surface area contributed by atoms with E-state index < -0.39 is 22.4 Å². The van der Waals surface area contributed by atoms with Crippen molar-refractivity contribution in [1.29, 1.82) is 0 Å². The highest BCUT2D eigenvalue weighted by Crippen LogP contribution is 2.26. The summed E-state index contributed by atoms with van der Waals surface area (Å²) in [5, 5.41) is 13.1. The van der Waals surface area contributed by atoms with Gasteiger partial charge in [-0.15, -0.1) is 0 Å². The van der Waals surface area contributed by atoms with Gasteiger partial charge in [0.05, 0.1) is 0 Å². The number of nitrogens with zero attached hydrogens (tertiary/aromatic N) is 6. The fourth-order valence-electron chi connectivity index (χ4n) is 7.71. The summed E-state index contributed by atoms with van der Waals surface area (Å²) in [7, 11) is 1.44. The molecule has 2 aromatic carbocycles. The monoisotopic (exact) mass is 723 g/mol. The number of amides is 4. The molecule has 276 valence electrons. The molecule has 0 aromatic heterocycles. The standard InChI is InChI=1S/C35H50BN7O7S/c1-38(2)51(48,49)42-16-12-27(13-17-42)39-19-21-40(22-20-39)33(45)32(24-25-7-8-31(44)29(36)23-25)50-35(47)41-14-10-28(11-15-41)43-18-9-26-5-3-4-6-30(26)37-34(43)46/h3-8,23,27-28,32,44H,9-22,24,36H2,1-2H3,(H,37,46)/t32-/m1/s1. The number of carbonyl (C=O) groups is 3. The van der Waals surface area contributed by atoms with Gasteiger partial charge in [-0.25, -0.2) is 9.59 Å². The van der Waals surface area contributed by atoms with Gasteiger partial charge < -0.3 is 29.9 Å². The summed E-state index contributed by atoms with van der Waals surface area (Å²) in [5.74, 6) is -0.0963. The SMILES string of the molecule is Bc1cc(C[C@@H](OC(=O)N2CCC(N3CCc4ccccc4NC3=O)CC2)C(=O)N2CCN(C3CCN(S(=O)(=O)N(C)C)CC3)CC2)ccc1O. The van der Waals surface area contributed by atoms with Crippen molar-refractivity contribution in [2.45, 2.75) is 56.7 Å². The van der Waals surface area contributed by atoms with Gasteiger partial charge in [-0.05, 0) is 60.8 Å². The van der Waals surface area contributed by atoms with Gasteiger partial charge in [0.1, 0.15) is 13.6 Å². The molecule has 1 atom stereocenters. The average molecular weight is 724 g/mol. The highest BCUT2D eigenvalue weighted by molar-refractivity contribution is 7.86. The van der Waals surface area contributed by atoms with Crippen LogP contribution in [0.15, 0.2) is 42.5 Å². The Morgan fingerprint density at radius 2 is 1.59 bits per heavy atom. The van der Waals surface area contributed by atoms with Crippen LogP contribution in [0.4, 0.5) is 15.3 Å². The van der Waals surface area contributed by atoms with Crippen LogP contribution in [0, 0.1) is 0 Å². The number of hydrogen-bond donors (Lipinski definition) is 2. The number of phenols is 1. The summed E-state index contributed by atoms with van der Waals surface area (Å²) < 4.78 is 33.9. The number of rotatable bonds is 8. The minimum absolute atomic E-state index is 0.0123. The molecular weight excluding hydrogens is 673 g/mol. The van der Waals surface area contributed by atoms with Crippen molar-refractivity contribution in [1.82, 2.24) is 28.2 Å². The molecule has 4 heterocycles. The highest BCUT2D eigenvalue weighted by atomic mass is 32.2. The zero-order chi connectivity index (χ0) is 36.3. The number of piperazine rings is 1. The minimum Gasteiger partial charge on any atom is -0.509 e. The van der Waals surface area contributed by atoms with E-state index in [2.05, 4.69) is 10.2 Å². The number of nitrogens with one attached hydrogen (secondary N) is 1. The number of benzene rings is 2. The molecule has 51 heavy (non-hydrogen) atoms. The lowest BCUT2D eigenvalue weighted by Gasteiger charge is -2.43. The van der Waals surface area contributed by atoms with Crippen molar-refractivity contribution >= 4 is 47.2 Å². The molecule has 0 unspecified atom stereocenters. The Labute approximate surface area is 301 Å². The summed E-state index contributed by atoms with van der Waals surface area (Å²) in [6, 6.07) is 13.1. The van der Waals surface area contributed by atoms with Crippen LogP contribution in [-0.2, 0) is 32.6 Å². The van der Waals surface area contributed by atoms with Crippen molar-refractivity contribution in [3.8, 4) is 5.75 Å². The Morgan fingerprint density at radius 3 is 2.25 bits per heavy atom. The normalized spacial score (nSPS) is 20.8. The van der Waals surface area contributed by atoms with E-state index in [0.29, 0.717) is 77.2 Å². The van der Waals surface area contributed by atoms with Crippen molar-refractivity contribution < 1.29 is 32.6 Å². The number of urea groups is 1. The molecule has 6 rings (SSSR count). The van der Waals surface area contributed by atoms with Crippen LogP contribution in [0.25, 0.3) is 0 Å². The maximum absolute atomic E-state index is 14.0. The predicted octanol–water partition coefficient (Wildman–Crippen LogP) is 0.668. The first-order chi connectivity index (χ1) is 24.4. The van der Waals surface area contributed by atoms with Crippen molar-refractivity contribution in [3.05, 3.63) is 53.6 Å². The van der Waals surface area contributed by atoms with Gasteiger partial charge in [-0.1, -0.05) is 30.3 Å². The molecule has 2 N–H and O–H groups in total. The molecule has 14 nitrogen and oxygen atoms in total. The van der Waals surface area contributed by atoms with E-state index in [1.807, 2.05) is 29.2 Å². The number of fused-ring (bicyclic) bond motifs is 1. The fourth-order valence-corrected chi connectivity index (χ4v) is 8.85. The zero-order valence-electron chi connectivity index (χ0n) is 29.9. The predicted molar refractivity (Wildman–Crippen MR) is 196 cm³/mol. The van der Waals surface area contributed by atoms with Gasteiger partial charge in [-0.2, -0.15) is 17.0 Å². The van der Waals surface area contributed by atoms with Crippen LogP contribution in [0.1, 0.15) is 36.8 Å². The highest BCUT2D eigenvalue weighted by Gasteiger charge is 2.37. The molecule has 0 bridgehead atoms. The third-order valence-electron chi connectivity index (χ3n) is 10.9. The molecule has 3 saturated heterocycles. The number of ether oxygens (including phenoxy) is 1. The van der Waals surface area contributed by atoms with Gasteiger partial charge in [0.15, 0.2) is 6.10 Å². The van der Waals surface area contributed by atoms with Crippen LogP contribution in [0.3, 0.4) is 0 Å². The van der Waals surface area contributed by atoms with Gasteiger partial charge in [0.25, 0.3) is 16.1 Å². The molecule has 0 radical (unpaired) electrons. The largest absolute Gasteiger partial charge is 0.509 e. The summed E-state index contributed by atoms with van der Waals surface area (Å²) in [6.07, 6.45) is 2.02. The lowest BCUT2D eigenvalue weighted by Crippen LogP contribution is -2.57. The number of likely N-dealkylation sites (tertiary alicyclic amines) is 1. The molecule has 4 amide bonds. The topological polar surface area (TPSA) is 146 Å². The first-order valence-corrected chi connectivity index (χ1v) is 19.4. The zero-order valence-corrected chi connectivity index (χ0v) is 30.7. The van der Waals surface area contributed by atoms with E-state index in [0.717, 1.165) is 36.1 Å². The van der Waals surface area contributed by atoms with Crippen molar-refractivity contribution in [3.63, 3.8) is 0 Å². The number of carbonyl (C=O) groups excluding carboxylic acids is 3. The average Bonchev–Trinajstić information content (AvgIpc) is 3.30. The minimum atomic E-state index is -3.44. The maximum atomic E-state index is 14.0. The second kappa shape index (κ2) is 15.8. The first-order valence-electron chi connectivity index (χ1n) is 18.0. The molecule has 3 fully saturated rings. The van der Waals surface area contributed by atoms with Crippen molar-refractivity contribution in [2.75, 3.05) is 78.3 Å². The Morgan fingerprint density at radius 1 is 0.922 bits per heavy atom. The molecule has 4 aliphatic rings. The number of aromatic hydroxyl groups is 1. The van der Waals surface area contributed by atoms with Crippen LogP contribution in [0.2, 0.25) is 0 Å². The Hall–Kier alpha value is -3.86. The summed E-state index contributed by atoms with van der Waals surface area (Å²) in [5.41, 5.74) is 3.39. The molecule has 0 aliphatic carbocycles. The van der Waals surface area contributed by atoms with Crippen LogP contribution in [-0.4, -0.2) is 159 Å². The third-order valence-corrected chi connectivity index (χ3v) is 12.8. The molecule has 0 spiro atoms. The Kier molecular flexibility index (Phi) is 11.4. The lowest BCUT2D eigenvalue weighted by molar-refractivity contribution is -0.143. The third kappa shape index (κ3) is 8.45. The maximum Gasteiger partial charge on any atom is 0.410 e.